The minimum absolute atomic E-state index is 0.350. The van der Waals surface area contributed by atoms with Gasteiger partial charge in [-0.3, -0.25) is 0 Å². The number of anilines is 2. The summed E-state index contributed by atoms with van der Waals surface area (Å²) in [5.41, 5.74) is 5.51. The van der Waals surface area contributed by atoms with Crippen LogP contribution in [0.2, 0.25) is 0 Å². The summed E-state index contributed by atoms with van der Waals surface area (Å²) >= 11 is 0. The van der Waals surface area contributed by atoms with E-state index in [0.717, 1.165) is 12.8 Å². The Kier molecular flexibility index (Phi) is 6.42. The van der Waals surface area contributed by atoms with Crippen molar-refractivity contribution < 1.29 is 0 Å². The highest BCUT2D eigenvalue weighted by Crippen LogP contribution is 2.07. The minimum Gasteiger partial charge on any atom is -0.243 e. The van der Waals surface area contributed by atoms with Crippen LogP contribution >= 0.6 is 0 Å². The van der Waals surface area contributed by atoms with Crippen LogP contribution in [0, 0.1) is 0 Å². The Morgan fingerprint density at radius 2 is 1.45 bits per heavy atom. The first-order chi connectivity index (χ1) is 10.9. The highest BCUT2D eigenvalue weighted by atomic mass is 15.5. The molecule has 0 aliphatic heterocycles. The zero-order valence-corrected chi connectivity index (χ0v) is 12.3. The first-order valence-corrected chi connectivity index (χ1v) is 7.02. The fourth-order valence-corrected chi connectivity index (χ4v) is 1.55. The van der Waals surface area contributed by atoms with E-state index >= 15 is 0 Å². The summed E-state index contributed by atoms with van der Waals surface area (Å²) in [7, 11) is 0. The fraction of sp³-hybridized carbons (Fsp3) is 0.286. The lowest BCUT2D eigenvalue weighted by Gasteiger charge is -2.03. The molecule has 8 nitrogen and oxygen atoms in total. The van der Waals surface area contributed by atoms with Crippen molar-refractivity contribution in [3.63, 3.8) is 0 Å². The van der Waals surface area contributed by atoms with Crippen LogP contribution in [0.1, 0.15) is 19.8 Å². The fourth-order valence-electron chi connectivity index (χ4n) is 1.55. The van der Waals surface area contributed by atoms with Crippen LogP contribution in [0.3, 0.4) is 0 Å². The maximum atomic E-state index is 4.09. The highest BCUT2D eigenvalue weighted by molar-refractivity contribution is 5.32. The smallest absolute Gasteiger partial charge is 0.185 e. The topological polar surface area (TPSA) is 99.3 Å². The molecule has 0 saturated carbocycles. The van der Waals surface area contributed by atoms with Gasteiger partial charge in [0.25, 0.3) is 0 Å². The van der Waals surface area contributed by atoms with Crippen LogP contribution in [0.15, 0.2) is 69.5 Å². The standard InChI is InChI=1S/C14H18N8/c1-2-7-14(19-21-17-12-8-3-5-10-15-12)20-22-18-13-9-4-6-11-16-13/h3-6,8-11,14H,2,7H2,1H3,(H,15,17,19)(H,16,18,20). The van der Waals surface area contributed by atoms with Crippen LogP contribution in [-0.4, -0.2) is 16.1 Å². The molecular formula is C14H18N8. The number of hydrogen-bond donors (Lipinski definition) is 2. The molecule has 0 aliphatic carbocycles. The van der Waals surface area contributed by atoms with Crippen molar-refractivity contribution in [2.75, 3.05) is 10.9 Å². The molecule has 0 radical (unpaired) electrons. The molecule has 2 N–H and O–H groups in total. The molecule has 0 aliphatic rings. The van der Waals surface area contributed by atoms with Crippen molar-refractivity contribution in [3.05, 3.63) is 48.8 Å². The van der Waals surface area contributed by atoms with Gasteiger partial charge in [0.2, 0.25) is 0 Å². The van der Waals surface area contributed by atoms with Gasteiger partial charge >= 0.3 is 0 Å². The molecule has 0 amide bonds. The summed E-state index contributed by atoms with van der Waals surface area (Å²) < 4.78 is 0. The summed E-state index contributed by atoms with van der Waals surface area (Å²) in [5, 5.41) is 16.0. The zero-order chi connectivity index (χ0) is 15.5. The molecule has 22 heavy (non-hydrogen) atoms. The van der Waals surface area contributed by atoms with Gasteiger partial charge in [-0.15, -0.1) is 10.2 Å². The monoisotopic (exact) mass is 298 g/mol. The molecule has 0 bridgehead atoms. The lowest BCUT2D eigenvalue weighted by Crippen LogP contribution is -2.01. The predicted octanol–water partition coefficient (Wildman–Crippen LogP) is 3.86. The van der Waals surface area contributed by atoms with Gasteiger partial charge in [-0.2, -0.15) is 0 Å². The number of nitrogens with one attached hydrogen (secondary N) is 2. The third-order valence-electron chi connectivity index (χ3n) is 2.59. The lowest BCUT2D eigenvalue weighted by atomic mass is 10.3. The van der Waals surface area contributed by atoms with Crippen LogP contribution in [0.25, 0.3) is 0 Å². The Morgan fingerprint density at radius 3 is 1.86 bits per heavy atom. The van der Waals surface area contributed by atoms with E-state index < -0.39 is 0 Å². The van der Waals surface area contributed by atoms with E-state index in [-0.39, 0.29) is 6.17 Å². The highest BCUT2D eigenvalue weighted by Gasteiger charge is 2.03. The van der Waals surface area contributed by atoms with Crippen LogP contribution in [-0.2, 0) is 0 Å². The molecule has 0 spiro atoms. The van der Waals surface area contributed by atoms with Gasteiger partial charge in [-0.1, -0.05) is 35.9 Å². The van der Waals surface area contributed by atoms with E-state index in [9.17, 15) is 0 Å². The van der Waals surface area contributed by atoms with Gasteiger partial charge in [0.05, 0.1) is 0 Å². The van der Waals surface area contributed by atoms with Gasteiger partial charge in [-0.25, -0.2) is 20.8 Å². The van der Waals surface area contributed by atoms with E-state index in [4.69, 9.17) is 0 Å². The first-order valence-electron chi connectivity index (χ1n) is 7.02. The normalized spacial score (nSPS) is 12.6. The molecule has 0 atom stereocenters. The van der Waals surface area contributed by atoms with Crippen molar-refractivity contribution in [2.24, 2.45) is 20.7 Å². The predicted molar refractivity (Wildman–Crippen MR) is 84.1 cm³/mol. The molecule has 0 unspecified atom stereocenters. The average Bonchev–Trinajstić information content (AvgIpc) is 2.57. The largest absolute Gasteiger partial charge is 0.243 e. The summed E-state index contributed by atoms with van der Waals surface area (Å²) in [4.78, 5) is 8.17. The minimum atomic E-state index is -0.350. The van der Waals surface area contributed by atoms with Gasteiger partial charge in [0.15, 0.2) is 6.17 Å². The maximum Gasteiger partial charge on any atom is 0.185 e. The average molecular weight is 298 g/mol. The second-order valence-corrected chi connectivity index (χ2v) is 4.35. The van der Waals surface area contributed by atoms with Crippen molar-refractivity contribution in [3.8, 4) is 0 Å². The number of pyridine rings is 2. The van der Waals surface area contributed by atoms with Gasteiger partial charge in [0, 0.05) is 12.4 Å². The van der Waals surface area contributed by atoms with Crippen LogP contribution in [0.4, 0.5) is 11.6 Å². The van der Waals surface area contributed by atoms with Gasteiger partial charge < -0.3 is 0 Å². The maximum absolute atomic E-state index is 4.09. The Balaban J connectivity index is 1.86. The summed E-state index contributed by atoms with van der Waals surface area (Å²) in [6, 6.07) is 11.0. The molecule has 2 heterocycles. The summed E-state index contributed by atoms with van der Waals surface area (Å²) in [6.45, 7) is 2.05. The van der Waals surface area contributed by atoms with E-state index in [1.807, 2.05) is 24.3 Å². The second-order valence-electron chi connectivity index (χ2n) is 4.35. The van der Waals surface area contributed by atoms with E-state index in [1.54, 1.807) is 24.5 Å². The molecule has 2 rings (SSSR count). The number of aromatic nitrogens is 2. The van der Waals surface area contributed by atoms with Crippen molar-refractivity contribution in [2.45, 2.75) is 25.9 Å². The van der Waals surface area contributed by atoms with Gasteiger partial charge in [-0.05, 0) is 30.7 Å². The summed E-state index contributed by atoms with van der Waals surface area (Å²) in [5.74, 6) is 1.26. The van der Waals surface area contributed by atoms with Crippen molar-refractivity contribution >= 4 is 11.6 Å². The van der Waals surface area contributed by atoms with E-state index in [1.165, 1.54) is 0 Å². The van der Waals surface area contributed by atoms with Crippen LogP contribution in [0.5, 0.6) is 0 Å². The molecule has 8 heteroatoms. The zero-order valence-electron chi connectivity index (χ0n) is 12.3. The van der Waals surface area contributed by atoms with Crippen molar-refractivity contribution in [1.29, 1.82) is 0 Å². The SMILES string of the molecule is CCCC(N=NNc1ccccn1)N=NNc1ccccn1. The number of nitrogens with zero attached hydrogens (tertiary/aromatic N) is 6. The molecule has 114 valence electrons. The third-order valence-corrected chi connectivity index (χ3v) is 2.59. The molecule has 2 aromatic rings. The van der Waals surface area contributed by atoms with Crippen molar-refractivity contribution in [1.82, 2.24) is 9.97 Å². The van der Waals surface area contributed by atoms with Crippen LogP contribution < -0.4 is 10.9 Å². The quantitative estimate of drug-likeness (QED) is 0.571. The number of rotatable bonds is 8. The first kappa shape index (κ1) is 15.5. The molecule has 0 saturated heterocycles. The molecular weight excluding hydrogens is 280 g/mol. The summed E-state index contributed by atoms with van der Waals surface area (Å²) in [6.07, 6.45) is 4.68. The molecule has 0 aromatic carbocycles. The van der Waals surface area contributed by atoms with Gasteiger partial charge in [0.1, 0.15) is 11.6 Å². The molecule has 2 aromatic heterocycles. The Bertz CT molecular complexity index is 533. The Morgan fingerprint density at radius 1 is 0.909 bits per heavy atom. The number of hydrogen-bond acceptors (Lipinski definition) is 6. The lowest BCUT2D eigenvalue weighted by molar-refractivity contribution is 0.573. The molecule has 0 fully saturated rings. The van der Waals surface area contributed by atoms with E-state index in [0.29, 0.717) is 11.6 Å². The third kappa shape index (κ3) is 5.61. The Hall–Kier alpha value is -2.90. The second kappa shape index (κ2) is 9.11. The van der Waals surface area contributed by atoms with E-state index in [2.05, 4.69) is 48.4 Å². The Labute approximate surface area is 128 Å².